The maximum Gasteiger partial charge on any atom is 0.0106 e. The predicted octanol–water partition coefficient (Wildman–Crippen LogP) is 12.6. The van der Waals surface area contributed by atoms with E-state index in [1.54, 1.807) is 0 Å². The van der Waals surface area contributed by atoms with Crippen LogP contribution in [0.4, 0.5) is 0 Å². The van der Waals surface area contributed by atoms with Crippen LogP contribution < -0.4 is 17.2 Å². The summed E-state index contributed by atoms with van der Waals surface area (Å²) in [7, 11) is 0. The third-order valence-corrected chi connectivity index (χ3v) is 12.5. The van der Waals surface area contributed by atoms with Crippen molar-refractivity contribution in [1.29, 1.82) is 0 Å². The first-order chi connectivity index (χ1) is 19.9. The molecule has 3 fully saturated rings. The number of hydrogen-bond acceptors (Lipinski definition) is 3. The highest BCUT2D eigenvalue weighted by Crippen LogP contribution is 2.64. The molecule has 3 aliphatic carbocycles. The Bertz CT molecular complexity index is 644. The Hall–Kier alpha value is -0.120. The fourth-order valence-corrected chi connectivity index (χ4v) is 10.8. The molecule has 0 aromatic carbocycles. The monoisotopic (exact) mass is 640 g/mol. The van der Waals surface area contributed by atoms with Crippen LogP contribution in [0.3, 0.4) is 0 Å². The molecule has 0 heterocycles. The third-order valence-electron chi connectivity index (χ3n) is 12.5. The van der Waals surface area contributed by atoms with Crippen LogP contribution in [0.15, 0.2) is 0 Å². The molecule has 1 unspecified atom stereocenters. The zero-order chi connectivity index (χ0) is 37.5. The van der Waals surface area contributed by atoms with E-state index in [1.807, 2.05) is 41.5 Å². The molecule has 3 rings (SSSR count). The van der Waals surface area contributed by atoms with Crippen molar-refractivity contribution < 1.29 is 0 Å². The summed E-state index contributed by atoms with van der Waals surface area (Å²) < 4.78 is 0. The van der Waals surface area contributed by atoms with Gasteiger partial charge in [-0.05, 0) is 87.3 Å². The van der Waals surface area contributed by atoms with Crippen LogP contribution in [-0.4, -0.2) is 18.1 Å². The lowest BCUT2D eigenvalue weighted by molar-refractivity contribution is -0.119. The Morgan fingerprint density at radius 3 is 0.422 bits per heavy atom. The Labute approximate surface area is 288 Å². The van der Waals surface area contributed by atoms with E-state index in [-0.39, 0.29) is 0 Å². The van der Waals surface area contributed by atoms with E-state index in [9.17, 15) is 0 Å². The number of rotatable bonds is 0. The molecule has 0 spiro atoms. The quantitative estimate of drug-likeness (QED) is 0.247. The molecule has 0 bridgehead atoms. The van der Waals surface area contributed by atoms with Crippen LogP contribution >= 0.6 is 0 Å². The van der Waals surface area contributed by atoms with Gasteiger partial charge in [-0.3, -0.25) is 0 Å². The zero-order valence-electron chi connectivity index (χ0n) is 36.2. The third kappa shape index (κ3) is 9.53. The Morgan fingerprint density at radius 2 is 0.422 bits per heavy atom. The summed E-state index contributed by atoms with van der Waals surface area (Å²) in [6.45, 7) is 54.0. The standard InChI is InChI=1S/3C12H25N.3C2H6/c3*1-10(2,3)12(11(4,5)6)8-7-9(12)13;3*1-2/h3*9H,7-8,13H2,1-6H3;3*1-2H3/t2*9-;;;;/m10..../s1. The fourth-order valence-electron chi connectivity index (χ4n) is 10.8. The van der Waals surface area contributed by atoms with E-state index in [2.05, 4.69) is 125 Å². The van der Waals surface area contributed by atoms with Gasteiger partial charge in [-0.25, -0.2) is 0 Å². The maximum atomic E-state index is 6.23. The van der Waals surface area contributed by atoms with Gasteiger partial charge < -0.3 is 17.2 Å². The smallest absolute Gasteiger partial charge is 0.0106 e. The number of hydrogen-bond donors (Lipinski definition) is 3. The molecule has 0 aliphatic heterocycles. The van der Waals surface area contributed by atoms with Crippen molar-refractivity contribution in [3.8, 4) is 0 Å². The molecule has 0 saturated heterocycles. The summed E-state index contributed by atoms with van der Waals surface area (Å²) in [5.74, 6) is 0. The summed E-state index contributed by atoms with van der Waals surface area (Å²) in [5, 5.41) is 0. The first-order valence-corrected chi connectivity index (χ1v) is 19.2. The van der Waals surface area contributed by atoms with Crippen LogP contribution in [-0.2, 0) is 0 Å². The first-order valence-electron chi connectivity index (χ1n) is 19.2. The minimum atomic E-state index is 0.322. The van der Waals surface area contributed by atoms with Gasteiger partial charge in [0.1, 0.15) is 0 Å². The van der Waals surface area contributed by atoms with Crippen molar-refractivity contribution in [3.05, 3.63) is 0 Å². The number of nitrogens with two attached hydrogens (primary N) is 3. The molecule has 3 aliphatic rings. The molecular weight excluding hydrogens is 546 g/mol. The van der Waals surface area contributed by atoms with Crippen molar-refractivity contribution in [2.45, 2.75) is 223 Å². The first kappa shape index (κ1) is 49.3. The van der Waals surface area contributed by atoms with Gasteiger partial charge in [0.05, 0.1) is 0 Å². The van der Waals surface area contributed by atoms with Gasteiger partial charge in [-0.1, -0.05) is 166 Å². The van der Waals surface area contributed by atoms with E-state index in [0.29, 0.717) is 66.9 Å². The molecule has 3 atom stereocenters. The molecule has 3 saturated carbocycles. The topological polar surface area (TPSA) is 78.1 Å². The minimum Gasteiger partial charge on any atom is -0.327 e. The molecule has 45 heavy (non-hydrogen) atoms. The highest BCUT2D eigenvalue weighted by Gasteiger charge is 2.60. The highest BCUT2D eigenvalue weighted by molar-refractivity contribution is 5.12. The molecule has 0 aromatic heterocycles. The Morgan fingerprint density at radius 1 is 0.311 bits per heavy atom. The molecule has 0 aromatic rings. The van der Waals surface area contributed by atoms with E-state index in [1.165, 1.54) is 38.5 Å². The van der Waals surface area contributed by atoms with Gasteiger partial charge in [-0.15, -0.1) is 0 Å². The van der Waals surface area contributed by atoms with Gasteiger partial charge in [-0.2, -0.15) is 0 Å². The molecular formula is C42H93N3. The second-order valence-electron chi connectivity index (χ2n) is 19.8. The average molecular weight is 640 g/mol. The second-order valence-corrected chi connectivity index (χ2v) is 19.8. The van der Waals surface area contributed by atoms with E-state index >= 15 is 0 Å². The average Bonchev–Trinajstić information content (AvgIpc) is 2.80. The van der Waals surface area contributed by atoms with Crippen LogP contribution in [0, 0.1) is 48.7 Å². The van der Waals surface area contributed by atoms with Crippen molar-refractivity contribution in [2.24, 2.45) is 65.9 Å². The van der Waals surface area contributed by atoms with E-state index < -0.39 is 0 Å². The molecule has 276 valence electrons. The van der Waals surface area contributed by atoms with E-state index in [4.69, 9.17) is 17.2 Å². The highest BCUT2D eigenvalue weighted by atomic mass is 14.8. The van der Waals surface area contributed by atoms with Gasteiger partial charge in [0.2, 0.25) is 0 Å². The predicted molar refractivity (Wildman–Crippen MR) is 210 cm³/mol. The lowest BCUT2D eigenvalue weighted by Crippen LogP contribution is -2.64. The molecule has 3 nitrogen and oxygen atoms in total. The van der Waals surface area contributed by atoms with Crippen LogP contribution in [0.1, 0.15) is 205 Å². The lowest BCUT2D eigenvalue weighted by atomic mass is 9.43. The van der Waals surface area contributed by atoms with Crippen LogP contribution in [0.5, 0.6) is 0 Å². The van der Waals surface area contributed by atoms with Crippen molar-refractivity contribution in [2.75, 3.05) is 0 Å². The second kappa shape index (κ2) is 17.0. The summed E-state index contributed by atoms with van der Waals surface area (Å²) in [4.78, 5) is 0. The van der Waals surface area contributed by atoms with Gasteiger partial charge in [0, 0.05) is 18.1 Å². The molecule has 0 radical (unpaired) electrons. The summed E-state index contributed by atoms with van der Waals surface area (Å²) in [6.07, 6.45) is 7.49. The van der Waals surface area contributed by atoms with Crippen LogP contribution in [0.25, 0.3) is 0 Å². The lowest BCUT2D eigenvalue weighted by Gasteiger charge is -2.63. The van der Waals surface area contributed by atoms with Gasteiger partial charge in [0.15, 0.2) is 0 Å². The van der Waals surface area contributed by atoms with Crippen molar-refractivity contribution in [1.82, 2.24) is 0 Å². The molecule has 6 N–H and O–H groups in total. The summed E-state index contributed by atoms with van der Waals surface area (Å²) in [5.41, 5.74) is 21.6. The normalized spacial score (nSPS) is 25.0. The SMILES string of the molecule is CC.CC.CC.CC(C)(C)C1(C(C)(C)C)CCC1N.CC(C)(C)C1(C(C)(C)C)CC[C@@H]1N.CC(C)(C)C1(C(C)(C)C)CC[C@H]1N. The largest absolute Gasteiger partial charge is 0.327 e. The van der Waals surface area contributed by atoms with Gasteiger partial charge in [0.25, 0.3) is 0 Å². The van der Waals surface area contributed by atoms with Crippen molar-refractivity contribution >= 4 is 0 Å². The fraction of sp³-hybridized carbons (Fsp3) is 1.00. The molecule has 3 heteroatoms. The van der Waals surface area contributed by atoms with E-state index in [0.717, 1.165) is 0 Å². The Kier molecular flexibility index (Phi) is 18.6. The summed E-state index contributed by atoms with van der Waals surface area (Å²) >= 11 is 0. The zero-order valence-corrected chi connectivity index (χ0v) is 36.2. The summed E-state index contributed by atoms with van der Waals surface area (Å²) in [6, 6.07) is 1.19. The van der Waals surface area contributed by atoms with Gasteiger partial charge >= 0.3 is 0 Å². The van der Waals surface area contributed by atoms with Crippen molar-refractivity contribution in [3.63, 3.8) is 0 Å². The van der Waals surface area contributed by atoms with Crippen LogP contribution in [0.2, 0.25) is 0 Å². The Balaban J connectivity index is -0.000000541. The minimum absolute atomic E-state index is 0.322. The maximum absolute atomic E-state index is 6.23. The molecule has 0 amide bonds.